The van der Waals surface area contributed by atoms with Crippen LogP contribution in [0, 0.1) is 0 Å². The molecule has 0 bridgehead atoms. The van der Waals surface area contributed by atoms with Gasteiger partial charge in [-0.2, -0.15) is 0 Å². The van der Waals surface area contributed by atoms with Gasteiger partial charge in [0.1, 0.15) is 11.6 Å². The molecule has 1 unspecified atom stereocenters. The molecule has 1 atom stereocenters. The average molecular weight is 532 g/mol. The van der Waals surface area contributed by atoms with Crippen LogP contribution in [0.2, 0.25) is 0 Å². The van der Waals surface area contributed by atoms with Gasteiger partial charge < -0.3 is 21.0 Å². The molecular weight excluding hydrogens is 498 g/mol. The van der Waals surface area contributed by atoms with Gasteiger partial charge in [0.2, 0.25) is 5.91 Å². The van der Waals surface area contributed by atoms with Crippen molar-refractivity contribution in [1.82, 2.24) is 30.0 Å². The molecule has 202 valence electrons. The number of carbonyl (C=O) groups is 1. The van der Waals surface area contributed by atoms with Crippen LogP contribution in [0.15, 0.2) is 85.2 Å². The minimum absolute atomic E-state index is 0.0678. The molecule has 3 aromatic carbocycles. The number of aromatic nitrogens is 5. The second-order valence-corrected chi connectivity index (χ2v) is 10.0. The molecule has 0 aliphatic heterocycles. The van der Waals surface area contributed by atoms with Crippen molar-refractivity contribution in [2.75, 3.05) is 13.1 Å². The Morgan fingerprint density at radius 3 is 2.35 bits per heavy atom. The van der Waals surface area contributed by atoms with E-state index in [1.807, 2.05) is 24.4 Å². The van der Waals surface area contributed by atoms with Gasteiger partial charge in [-0.25, -0.2) is 0 Å². The summed E-state index contributed by atoms with van der Waals surface area (Å²) in [5, 5.41) is 14.8. The van der Waals surface area contributed by atoms with Crippen LogP contribution >= 0.6 is 0 Å². The van der Waals surface area contributed by atoms with E-state index >= 15 is 0 Å². The third-order valence-electron chi connectivity index (χ3n) is 7.65. The fourth-order valence-corrected chi connectivity index (χ4v) is 5.48. The summed E-state index contributed by atoms with van der Waals surface area (Å²) in [6, 6.07) is 25.1. The number of nitrogens with two attached hydrogens (primary N) is 1. The first-order valence-electron chi connectivity index (χ1n) is 13.8. The van der Waals surface area contributed by atoms with Crippen LogP contribution in [-0.2, 0) is 24.1 Å². The Hall–Kier alpha value is -4.69. The van der Waals surface area contributed by atoms with Gasteiger partial charge in [0, 0.05) is 52.9 Å². The highest BCUT2D eigenvalue weighted by Gasteiger charge is 2.27. The SMILES string of the molecule is CCc1ccc(-n2c(CCc3c[nH]c4ccccc34)nnc2C(CNC(=O)CN)c2c[nH]c3ccccc23)cc1. The van der Waals surface area contributed by atoms with Gasteiger partial charge in [-0.15, -0.1) is 10.2 Å². The fraction of sp³-hybridized carbons (Fsp3) is 0.219. The molecule has 0 fully saturated rings. The summed E-state index contributed by atoms with van der Waals surface area (Å²) in [5.41, 5.74) is 12.4. The lowest BCUT2D eigenvalue weighted by atomic mass is 9.97. The van der Waals surface area contributed by atoms with Crippen molar-refractivity contribution in [3.63, 3.8) is 0 Å². The number of carbonyl (C=O) groups excluding carboxylic acids is 1. The Kier molecular flexibility index (Phi) is 7.16. The lowest BCUT2D eigenvalue weighted by Crippen LogP contribution is -2.34. The predicted molar refractivity (Wildman–Crippen MR) is 159 cm³/mol. The van der Waals surface area contributed by atoms with Gasteiger partial charge in [0.15, 0.2) is 0 Å². The van der Waals surface area contributed by atoms with Crippen LogP contribution in [0.4, 0.5) is 0 Å². The van der Waals surface area contributed by atoms with E-state index in [0.717, 1.165) is 52.2 Å². The number of nitrogens with one attached hydrogen (secondary N) is 3. The van der Waals surface area contributed by atoms with Gasteiger partial charge in [0.05, 0.1) is 12.5 Å². The second kappa shape index (κ2) is 11.2. The smallest absolute Gasteiger partial charge is 0.233 e. The zero-order chi connectivity index (χ0) is 27.5. The number of aryl methyl sites for hydroxylation is 3. The molecule has 0 saturated carbocycles. The van der Waals surface area contributed by atoms with E-state index < -0.39 is 0 Å². The Balaban J connectivity index is 1.44. The van der Waals surface area contributed by atoms with E-state index in [9.17, 15) is 4.79 Å². The number of H-pyrrole nitrogens is 2. The fourth-order valence-electron chi connectivity index (χ4n) is 5.48. The maximum Gasteiger partial charge on any atom is 0.233 e. The monoisotopic (exact) mass is 531 g/mol. The van der Waals surface area contributed by atoms with Gasteiger partial charge in [-0.3, -0.25) is 9.36 Å². The summed E-state index contributed by atoms with van der Waals surface area (Å²) >= 11 is 0. The summed E-state index contributed by atoms with van der Waals surface area (Å²) in [5.74, 6) is 1.20. The summed E-state index contributed by atoms with van der Waals surface area (Å²) < 4.78 is 2.16. The van der Waals surface area contributed by atoms with Crippen molar-refractivity contribution in [2.24, 2.45) is 5.73 Å². The number of benzene rings is 3. The maximum absolute atomic E-state index is 12.3. The first-order valence-corrected chi connectivity index (χ1v) is 13.8. The molecule has 1 amide bonds. The van der Waals surface area contributed by atoms with Crippen LogP contribution in [-0.4, -0.2) is 43.7 Å². The third kappa shape index (κ3) is 4.89. The highest BCUT2D eigenvalue weighted by Crippen LogP contribution is 2.32. The normalized spacial score (nSPS) is 12.2. The second-order valence-electron chi connectivity index (χ2n) is 10.0. The molecule has 3 heterocycles. The van der Waals surface area contributed by atoms with Crippen molar-refractivity contribution < 1.29 is 4.79 Å². The third-order valence-corrected chi connectivity index (χ3v) is 7.65. The first-order chi connectivity index (χ1) is 19.7. The van der Waals surface area contributed by atoms with Crippen molar-refractivity contribution in [3.8, 4) is 5.69 Å². The quantitative estimate of drug-likeness (QED) is 0.203. The number of rotatable bonds is 10. The summed E-state index contributed by atoms with van der Waals surface area (Å²) in [6.07, 6.45) is 6.58. The highest BCUT2D eigenvalue weighted by molar-refractivity contribution is 5.85. The molecule has 6 rings (SSSR count). The molecule has 40 heavy (non-hydrogen) atoms. The van der Waals surface area contributed by atoms with E-state index in [-0.39, 0.29) is 18.4 Å². The molecular formula is C32H33N7O. The molecule has 0 radical (unpaired) electrons. The standard InChI is InChI=1S/C32H33N7O/c1-2-21-11-14-23(15-12-21)39-30(16-13-22-18-34-28-9-5-3-7-24(22)28)37-38-32(39)27(20-36-31(40)17-33)26-19-35-29-10-6-4-8-25(26)29/h3-12,14-15,18-19,27,34-35H,2,13,16-17,20,33H2,1H3,(H,36,40). The van der Waals surface area contributed by atoms with Crippen molar-refractivity contribution in [1.29, 1.82) is 0 Å². The van der Waals surface area contributed by atoms with Crippen LogP contribution in [0.3, 0.4) is 0 Å². The van der Waals surface area contributed by atoms with Crippen LogP contribution in [0.25, 0.3) is 27.5 Å². The maximum atomic E-state index is 12.3. The average Bonchev–Trinajstić information content (AvgIpc) is 3.73. The molecule has 8 heteroatoms. The molecule has 0 aliphatic rings. The van der Waals surface area contributed by atoms with Crippen molar-refractivity contribution >= 4 is 27.7 Å². The Morgan fingerprint density at radius 2 is 1.60 bits per heavy atom. The molecule has 8 nitrogen and oxygen atoms in total. The Bertz CT molecular complexity index is 1760. The van der Waals surface area contributed by atoms with Crippen LogP contribution in [0.1, 0.15) is 41.2 Å². The summed E-state index contributed by atoms with van der Waals surface area (Å²) in [4.78, 5) is 19.0. The highest BCUT2D eigenvalue weighted by atomic mass is 16.1. The van der Waals surface area contributed by atoms with Crippen LogP contribution < -0.4 is 11.1 Å². The van der Waals surface area contributed by atoms with Gasteiger partial charge in [0.25, 0.3) is 0 Å². The van der Waals surface area contributed by atoms with E-state index in [1.54, 1.807) is 0 Å². The topological polar surface area (TPSA) is 117 Å². The van der Waals surface area contributed by atoms with E-state index in [2.05, 4.69) is 87.6 Å². The Labute approximate surface area is 232 Å². The summed E-state index contributed by atoms with van der Waals surface area (Å²) in [6.45, 7) is 2.44. The number of amides is 1. The molecule has 3 aromatic heterocycles. The zero-order valence-corrected chi connectivity index (χ0v) is 22.5. The number of nitrogens with zero attached hydrogens (tertiary/aromatic N) is 3. The minimum Gasteiger partial charge on any atom is -0.361 e. The van der Waals surface area contributed by atoms with E-state index in [0.29, 0.717) is 13.0 Å². The molecule has 0 saturated heterocycles. The largest absolute Gasteiger partial charge is 0.361 e. The zero-order valence-electron chi connectivity index (χ0n) is 22.5. The summed E-state index contributed by atoms with van der Waals surface area (Å²) in [7, 11) is 0. The molecule has 6 aromatic rings. The van der Waals surface area contributed by atoms with Crippen molar-refractivity contribution in [3.05, 3.63) is 114 Å². The van der Waals surface area contributed by atoms with Gasteiger partial charge in [-0.05, 0) is 53.8 Å². The number of hydrogen-bond acceptors (Lipinski definition) is 4. The number of hydrogen-bond donors (Lipinski definition) is 4. The first kappa shape index (κ1) is 25.6. The van der Waals surface area contributed by atoms with E-state index in [1.165, 1.54) is 16.5 Å². The minimum atomic E-state index is -0.244. The van der Waals surface area contributed by atoms with Gasteiger partial charge >= 0.3 is 0 Å². The number of aromatic amines is 2. The molecule has 0 spiro atoms. The molecule has 0 aliphatic carbocycles. The lowest BCUT2D eigenvalue weighted by molar-refractivity contribution is -0.119. The van der Waals surface area contributed by atoms with E-state index in [4.69, 9.17) is 15.9 Å². The van der Waals surface area contributed by atoms with Gasteiger partial charge in [-0.1, -0.05) is 55.5 Å². The lowest BCUT2D eigenvalue weighted by Gasteiger charge is -2.19. The number of fused-ring (bicyclic) bond motifs is 2. The Morgan fingerprint density at radius 1 is 0.900 bits per heavy atom. The molecule has 5 N–H and O–H groups in total. The predicted octanol–water partition coefficient (Wildman–Crippen LogP) is 4.78. The van der Waals surface area contributed by atoms with Crippen molar-refractivity contribution in [2.45, 2.75) is 32.1 Å². The number of para-hydroxylation sites is 2. The van der Waals surface area contributed by atoms with Crippen LogP contribution in [0.5, 0.6) is 0 Å².